The fourth-order valence-corrected chi connectivity index (χ4v) is 1.75. The number of rotatable bonds is 6. The Morgan fingerprint density at radius 1 is 1.39 bits per heavy atom. The van der Waals surface area contributed by atoms with E-state index in [4.69, 9.17) is 16.2 Å². The molecule has 4 N–H and O–H groups in total. The maximum atomic E-state index is 11.1. The number of hydrogen-bond acceptors (Lipinski definition) is 5. The SMILES string of the molecule is COC(=O)C(N)CCCc1ccc(N)cc1OC. The van der Waals surface area contributed by atoms with Crippen LogP contribution in [0.2, 0.25) is 0 Å². The third-order valence-electron chi connectivity index (χ3n) is 2.78. The van der Waals surface area contributed by atoms with Gasteiger partial charge in [0.15, 0.2) is 0 Å². The van der Waals surface area contributed by atoms with Gasteiger partial charge in [-0.1, -0.05) is 6.07 Å². The first kappa shape index (κ1) is 14.3. The number of benzene rings is 1. The van der Waals surface area contributed by atoms with Crippen molar-refractivity contribution < 1.29 is 14.3 Å². The summed E-state index contributed by atoms with van der Waals surface area (Å²) in [5.41, 5.74) is 13.1. The topological polar surface area (TPSA) is 87.6 Å². The van der Waals surface area contributed by atoms with Crippen molar-refractivity contribution in [3.05, 3.63) is 23.8 Å². The van der Waals surface area contributed by atoms with Crippen molar-refractivity contribution in [1.82, 2.24) is 0 Å². The summed E-state index contributed by atoms with van der Waals surface area (Å²) >= 11 is 0. The van der Waals surface area contributed by atoms with E-state index in [1.165, 1.54) is 7.11 Å². The zero-order chi connectivity index (χ0) is 13.5. The van der Waals surface area contributed by atoms with Crippen molar-refractivity contribution in [3.8, 4) is 5.75 Å². The van der Waals surface area contributed by atoms with E-state index < -0.39 is 6.04 Å². The smallest absolute Gasteiger partial charge is 0.322 e. The number of aryl methyl sites for hydroxylation is 1. The largest absolute Gasteiger partial charge is 0.496 e. The molecule has 1 aromatic carbocycles. The van der Waals surface area contributed by atoms with Crippen molar-refractivity contribution >= 4 is 11.7 Å². The van der Waals surface area contributed by atoms with Crippen LogP contribution in [0.3, 0.4) is 0 Å². The second-order valence-corrected chi connectivity index (χ2v) is 4.09. The molecule has 0 fully saturated rings. The first-order chi connectivity index (χ1) is 8.58. The normalized spacial score (nSPS) is 11.9. The Labute approximate surface area is 107 Å². The molecule has 0 saturated heterocycles. The Bertz CT molecular complexity index is 407. The summed E-state index contributed by atoms with van der Waals surface area (Å²) in [5, 5.41) is 0. The van der Waals surface area contributed by atoms with Crippen molar-refractivity contribution in [2.24, 2.45) is 5.73 Å². The van der Waals surface area contributed by atoms with Crippen molar-refractivity contribution in [2.75, 3.05) is 20.0 Å². The van der Waals surface area contributed by atoms with Gasteiger partial charge in [-0.05, 0) is 30.9 Å². The Balaban J connectivity index is 2.51. The number of ether oxygens (including phenoxy) is 2. The lowest BCUT2D eigenvalue weighted by Gasteiger charge is -2.11. The van der Waals surface area contributed by atoms with Crippen molar-refractivity contribution in [2.45, 2.75) is 25.3 Å². The molecule has 0 aliphatic heterocycles. The lowest BCUT2D eigenvalue weighted by Crippen LogP contribution is -2.31. The summed E-state index contributed by atoms with van der Waals surface area (Å²) in [6.45, 7) is 0. The molecular formula is C13H20N2O3. The van der Waals surface area contributed by atoms with Crippen LogP contribution in [0.25, 0.3) is 0 Å². The Morgan fingerprint density at radius 2 is 2.11 bits per heavy atom. The quantitative estimate of drug-likeness (QED) is 0.584. The summed E-state index contributed by atoms with van der Waals surface area (Å²) in [6, 6.07) is 4.99. The van der Waals surface area contributed by atoms with E-state index in [-0.39, 0.29) is 5.97 Å². The van der Waals surface area contributed by atoms with Crippen LogP contribution in [-0.2, 0) is 16.0 Å². The molecule has 0 radical (unpaired) electrons. The fourth-order valence-electron chi connectivity index (χ4n) is 1.75. The Kier molecular flexibility index (Phi) is 5.45. The summed E-state index contributed by atoms with van der Waals surface area (Å²) < 4.78 is 9.82. The third-order valence-corrected chi connectivity index (χ3v) is 2.78. The van der Waals surface area contributed by atoms with E-state index in [2.05, 4.69) is 4.74 Å². The molecule has 5 nitrogen and oxygen atoms in total. The highest BCUT2D eigenvalue weighted by Crippen LogP contribution is 2.23. The molecule has 0 saturated carbocycles. The Hall–Kier alpha value is -1.75. The summed E-state index contributed by atoms with van der Waals surface area (Å²) in [7, 11) is 2.95. The molecule has 0 aliphatic rings. The average molecular weight is 252 g/mol. The maximum absolute atomic E-state index is 11.1. The third kappa shape index (κ3) is 3.92. The van der Waals surface area contributed by atoms with Crippen LogP contribution in [0.5, 0.6) is 5.75 Å². The van der Waals surface area contributed by atoms with Gasteiger partial charge in [0.1, 0.15) is 11.8 Å². The van der Waals surface area contributed by atoms with Crippen LogP contribution in [0.15, 0.2) is 18.2 Å². The van der Waals surface area contributed by atoms with Gasteiger partial charge < -0.3 is 20.9 Å². The zero-order valence-electron chi connectivity index (χ0n) is 10.8. The van der Waals surface area contributed by atoms with Gasteiger partial charge in [0.25, 0.3) is 0 Å². The van der Waals surface area contributed by atoms with E-state index in [1.54, 1.807) is 13.2 Å². The molecule has 1 aromatic rings. The van der Waals surface area contributed by atoms with Gasteiger partial charge in [0, 0.05) is 11.8 Å². The minimum atomic E-state index is -0.560. The number of hydrogen-bond donors (Lipinski definition) is 2. The van der Waals surface area contributed by atoms with E-state index in [0.717, 1.165) is 24.2 Å². The number of nitrogens with two attached hydrogens (primary N) is 2. The average Bonchev–Trinajstić information content (AvgIpc) is 2.39. The molecule has 0 amide bonds. The number of esters is 1. The second kappa shape index (κ2) is 6.86. The van der Waals surface area contributed by atoms with Crippen LogP contribution in [0, 0.1) is 0 Å². The number of carbonyl (C=O) groups excluding carboxylic acids is 1. The highest BCUT2D eigenvalue weighted by molar-refractivity contribution is 5.75. The van der Waals surface area contributed by atoms with E-state index in [0.29, 0.717) is 12.1 Å². The van der Waals surface area contributed by atoms with Crippen LogP contribution < -0.4 is 16.2 Å². The molecule has 18 heavy (non-hydrogen) atoms. The molecule has 0 aromatic heterocycles. The first-order valence-electron chi connectivity index (χ1n) is 5.84. The molecule has 1 unspecified atom stereocenters. The number of carbonyl (C=O) groups is 1. The summed E-state index contributed by atoms with van der Waals surface area (Å²) in [4.78, 5) is 11.1. The van der Waals surface area contributed by atoms with Crippen molar-refractivity contribution in [1.29, 1.82) is 0 Å². The zero-order valence-corrected chi connectivity index (χ0v) is 10.8. The van der Waals surface area contributed by atoms with Gasteiger partial charge in [0.05, 0.1) is 14.2 Å². The van der Waals surface area contributed by atoms with Gasteiger partial charge in [-0.3, -0.25) is 4.79 Å². The molecule has 0 bridgehead atoms. The lowest BCUT2D eigenvalue weighted by molar-refractivity contribution is -0.142. The molecule has 5 heteroatoms. The van der Waals surface area contributed by atoms with Crippen molar-refractivity contribution in [3.63, 3.8) is 0 Å². The molecular weight excluding hydrogens is 232 g/mol. The van der Waals surface area contributed by atoms with Gasteiger partial charge in [-0.15, -0.1) is 0 Å². The molecule has 0 spiro atoms. The van der Waals surface area contributed by atoms with Gasteiger partial charge in [0.2, 0.25) is 0 Å². The molecule has 1 atom stereocenters. The van der Waals surface area contributed by atoms with Gasteiger partial charge >= 0.3 is 5.97 Å². The van der Waals surface area contributed by atoms with Gasteiger partial charge in [-0.25, -0.2) is 0 Å². The molecule has 0 heterocycles. The summed E-state index contributed by atoms with van der Waals surface area (Å²) in [6.07, 6.45) is 2.16. The monoisotopic (exact) mass is 252 g/mol. The van der Waals surface area contributed by atoms with Crippen LogP contribution in [-0.4, -0.2) is 26.2 Å². The minimum Gasteiger partial charge on any atom is -0.496 e. The predicted molar refractivity (Wildman–Crippen MR) is 70.3 cm³/mol. The predicted octanol–water partition coefficient (Wildman–Crippen LogP) is 1.10. The fraction of sp³-hybridized carbons (Fsp3) is 0.462. The van der Waals surface area contributed by atoms with Crippen LogP contribution in [0.1, 0.15) is 18.4 Å². The minimum absolute atomic E-state index is 0.376. The number of nitrogen functional groups attached to an aromatic ring is 1. The molecule has 0 aliphatic carbocycles. The van der Waals surface area contributed by atoms with E-state index in [1.807, 2.05) is 12.1 Å². The number of anilines is 1. The Morgan fingerprint density at radius 3 is 2.72 bits per heavy atom. The number of methoxy groups -OCH3 is 2. The van der Waals surface area contributed by atoms with Gasteiger partial charge in [-0.2, -0.15) is 0 Å². The highest BCUT2D eigenvalue weighted by Gasteiger charge is 2.13. The second-order valence-electron chi connectivity index (χ2n) is 4.09. The van der Waals surface area contributed by atoms with Crippen LogP contribution in [0.4, 0.5) is 5.69 Å². The molecule has 1 rings (SSSR count). The molecule has 100 valence electrons. The lowest BCUT2D eigenvalue weighted by atomic mass is 10.0. The highest BCUT2D eigenvalue weighted by atomic mass is 16.5. The maximum Gasteiger partial charge on any atom is 0.322 e. The standard InChI is InChI=1S/C13H20N2O3/c1-17-12-8-10(14)7-6-9(12)4-3-5-11(15)13(16)18-2/h6-8,11H,3-5,14-15H2,1-2H3. The van der Waals surface area contributed by atoms with E-state index >= 15 is 0 Å². The van der Waals surface area contributed by atoms with Crippen LogP contribution >= 0.6 is 0 Å². The van der Waals surface area contributed by atoms with E-state index in [9.17, 15) is 4.79 Å². The summed E-state index contributed by atoms with van der Waals surface area (Å²) in [5.74, 6) is 0.390. The first-order valence-corrected chi connectivity index (χ1v) is 5.84.